The van der Waals surface area contributed by atoms with Crippen molar-refractivity contribution in [3.8, 4) is 0 Å². The summed E-state index contributed by atoms with van der Waals surface area (Å²) in [6, 6.07) is 8.58. The molecular formula is C20H18N2O2. The highest BCUT2D eigenvalue weighted by atomic mass is 16.2. The van der Waals surface area contributed by atoms with E-state index in [2.05, 4.69) is 46.6 Å². The number of nitrogens with one attached hydrogen (secondary N) is 1. The molecule has 0 unspecified atom stereocenters. The monoisotopic (exact) mass is 318 g/mol. The number of anilines is 1. The summed E-state index contributed by atoms with van der Waals surface area (Å²) < 4.78 is 0. The average Bonchev–Trinajstić information content (AvgIpc) is 3.10. The van der Waals surface area contributed by atoms with Crippen LogP contribution in [-0.4, -0.2) is 34.7 Å². The first-order valence-electron chi connectivity index (χ1n) is 9.05. The molecule has 3 aliphatic heterocycles. The molecule has 1 N–H and O–H groups in total. The molecule has 8 rings (SSSR count). The summed E-state index contributed by atoms with van der Waals surface area (Å²) in [7, 11) is 0. The first-order valence-corrected chi connectivity index (χ1v) is 9.05. The summed E-state index contributed by atoms with van der Waals surface area (Å²) >= 11 is 0. The Labute approximate surface area is 139 Å². The van der Waals surface area contributed by atoms with Crippen LogP contribution in [0.5, 0.6) is 0 Å². The van der Waals surface area contributed by atoms with Gasteiger partial charge >= 0.3 is 0 Å². The predicted molar refractivity (Wildman–Crippen MR) is 87.4 cm³/mol. The molecule has 7 aliphatic rings. The van der Waals surface area contributed by atoms with Crippen LogP contribution in [0, 0.1) is 17.3 Å². The van der Waals surface area contributed by atoms with Gasteiger partial charge in [-0.1, -0.05) is 30.4 Å². The van der Waals surface area contributed by atoms with E-state index in [-0.39, 0.29) is 40.0 Å². The van der Waals surface area contributed by atoms with Crippen LogP contribution < -0.4 is 5.32 Å². The molecule has 0 radical (unpaired) electrons. The smallest absolute Gasteiger partial charge is 0.234 e. The molecule has 4 aliphatic carbocycles. The highest BCUT2D eigenvalue weighted by molar-refractivity contribution is 6.12. The number of hydrogen-bond acceptors (Lipinski definition) is 3. The van der Waals surface area contributed by atoms with Crippen molar-refractivity contribution in [3.63, 3.8) is 0 Å². The molecule has 1 aromatic carbocycles. The molecule has 6 atom stereocenters. The third-order valence-electron chi connectivity index (χ3n) is 8.29. The van der Waals surface area contributed by atoms with Crippen molar-refractivity contribution in [3.05, 3.63) is 42.0 Å². The van der Waals surface area contributed by atoms with Crippen molar-refractivity contribution in [2.24, 2.45) is 17.3 Å². The summed E-state index contributed by atoms with van der Waals surface area (Å²) in [5.41, 5.74) is 1.80. The number of amides is 1. The number of carbonyl (C=O) groups is 2. The Bertz CT molecular complexity index is 907. The van der Waals surface area contributed by atoms with Gasteiger partial charge in [0.15, 0.2) is 5.78 Å². The van der Waals surface area contributed by atoms with Crippen LogP contribution in [0.2, 0.25) is 0 Å². The van der Waals surface area contributed by atoms with E-state index >= 15 is 0 Å². The van der Waals surface area contributed by atoms with E-state index in [0.717, 1.165) is 24.9 Å². The third-order valence-corrected chi connectivity index (χ3v) is 8.29. The summed E-state index contributed by atoms with van der Waals surface area (Å²) in [4.78, 5) is 28.7. The van der Waals surface area contributed by atoms with Gasteiger partial charge in [-0.2, -0.15) is 0 Å². The highest BCUT2D eigenvalue weighted by Gasteiger charge is 2.88. The lowest BCUT2D eigenvalue weighted by atomic mass is 9.42. The Kier molecular flexibility index (Phi) is 1.64. The number of nitrogens with zero attached hydrogens (tertiary/aromatic N) is 1. The molecule has 4 nitrogen and oxygen atoms in total. The van der Waals surface area contributed by atoms with Crippen molar-refractivity contribution in [1.29, 1.82) is 0 Å². The van der Waals surface area contributed by atoms with E-state index in [1.807, 2.05) is 0 Å². The van der Waals surface area contributed by atoms with Gasteiger partial charge in [-0.25, -0.2) is 0 Å². The van der Waals surface area contributed by atoms with Crippen molar-refractivity contribution < 1.29 is 9.59 Å². The highest BCUT2D eigenvalue weighted by Crippen LogP contribution is 2.78. The maximum absolute atomic E-state index is 13.4. The Morgan fingerprint density at radius 2 is 2.04 bits per heavy atom. The Morgan fingerprint density at radius 3 is 2.96 bits per heavy atom. The van der Waals surface area contributed by atoms with Gasteiger partial charge in [0.05, 0.1) is 17.0 Å². The number of para-hydroxylation sites is 1. The minimum atomic E-state index is -0.467. The number of fused-ring (bicyclic) bond motifs is 2. The second-order valence-electron chi connectivity index (χ2n) is 8.63. The zero-order valence-corrected chi connectivity index (χ0v) is 13.3. The first kappa shape index (κ1) is 12.3. The summed E-state index contributed by atoms with van der Waals surface area (Å²) in [6.07, 6.45) is 7.52. The quantitative estimate of drug-likeness (QED) is 0.587. The number of benzene rings is 1. The van der Waals surface area contributed by atoms with Crippen LogP contribution in [0.1, 0.15) is 24.8 Å². The van der Waals surface area contributed by atoms with Crippen molar-refractivity contribution in [2.45, 2.75) is 36.3 Å². The second-order valence-corrected chi connectivity index (χ2v) is 8.63. The summed E-state index contributed by atoms with van der Waals surface area (Å²) in [5, 5.41) is 3.80. The van der Waals surface area contributed by atoms with Gasteiger partial charge in [0.1, 0.15) is 5.92 Å². The molecule has 4 heteroatoms. The Morgan fingerprint density at radius 1 is 1.17 bits per heavy atom. The topological polar surface area (TPSA) is 49.4 Å². The fraction of sp³-hybridized carbons (Fsp3) is 0.500. The standard InChI is InChI=1S/C20H18N2O2/c23-15-12-10-18-6-3-9-22-16(24)14(15)20(17(18)22)11-4-1-2-5-13(11)21-19(12,20)8-7-18/h1-6,12,14,17,21H,7-10H2/t12-,14+,17-,18+,19+,20-/m0/s1. The number of ketones is 1. The van der Waals surface area contributed by atoms with Crippen LogP contribution >= 0.6 is 0 Å². The predicted octanol–water partition coefficient (Wildman–Crippen LogP) is 1.87. The number of rotatable bonds is 0. The minimum Gasteiger partial charge on any atom is -0.378 e. The first-order chi connectivity index (χ1) is 11.7. The van der Waals surface area contributed by atoms with E-state index in [9.17, 15) is 9.59 Å². The molecule has 24 heavy (non-hydrogen) atoms. The average molecular weight is 318 g/mol. The molecule has 3 spiro atoms. The van der Waals surface area contributed by atoms with Gasteiger partial charge in [0, 0.05) is 23.6 Å². The lowest BCUT2D eigenvalue weighted by molar-refractivity contribution is -0.143. The second kappa shape index (κ2) is 3.19. The largest absolute Gasteiger partial charge is 0.378 e. The van der Waals surface area contributed by atoms with Crippen LogP contribution in [0.15, 0.2) is 36.4 Å². The minimum absolute atomic E-state index is 0.000365. The SMILES string of the molecule is O=C1[C@@H]2C(=O)N3CC=C[C@]45CC[C@@]6(Nc7ccccc7[C@@]26[C@@H]34)[C@H]1C5. The third kappa shape index (κ3) is 0.842. The fourth-order valence-electron chi connectivity index (χ4n) is 7.88. The molecule has 1 amide bonds. The van der Waals surface area contributed by atoms with Crippen LogP contribution in [0.3, 0.4) is 0 Å². The van der Waals surface area contributed by atoms with E-state index in [1.165, 1.54) is 5.56 Å². The Hall–Kier alpha value is -2.10. The molecule has 120 valence electrons. The number of hydrogen-bond donors (Lipinski definition) is 1. The van der Waals surface area contributed by atoms with Gasteiger partial charge in [0.2, 0.25) is 5.91 Å². The van der Waals surface area contributed by atoms with E-state index < -0.39 is 5.92 Å². The fourth-order valence-corrected chi connectivity index (χ4v) is 7.88. The van der Waals surface area contributed by atoms with Gasteiger partial charge in [-0.05, 0) is 30.9 Å². The lowest BCUT2D eigenvalue weighted by Gasteiger charge is -2.65. The molecular weight excluding hydrogens is 300 g/mol. The van der Waals surface area contributed by atoms with Crippen molar-refractivity contribution in [2.75, 3.05) is 11.9 Å². The zero-order valence-electron chi connectivity index (χ0n) is 13.3. The number of Topliss-reactive ketones (excluding diaryl/α,β-unsaturated/α-hetero) is 1. The number of carbonyl (C=O) groups excluding carboxylic acids is 2. The maximum Gasteiger partial charge on any atom is 0.234 e. The molecule has 5 fully saturated rings. The normalized spacial score (nSPS) is 51.0. The van der Waals surface area contributed by atoms with Crippen molar-refractivity contribution >= 4 is 17.4 Å². The van der Waals surface area contributed by atoms with Crippen LogP contribution in [0.4, 0.5) is 5.69 Å². The van der Waals surface area contributed by atoms with E-state index in [4.69, 9.17) is 0 Å². The Balaban J connectivity index is 1.68. The summed E-state index contributed by atoms with van der Waals surface area (Å²) in [5.74, 6) is -0.184. The zero-order chi connectivity index (χ0) is 15.9. The van der Waals surface area contributed by atoms with Crippen molar-refractivity contribution in [1.82, 2.24) is 4.90 Å². The molecule has 1 aromatic rings. The molecule has 4 saturated carbocycles. The van der Waals surface area contributed by atoms with Gasteiger partial charge < -0.3 is 10.2 Å². The van der Waals surface area contributed by atoms with E-state index in [0.29, 0.717) is 6.54 Å². The van der Waals surface area contributed by atoms with Crippen LogP contribution in [-0.2, 0) is 15.0 Å². The maximum atomic E-state index is 13.4. The van der Waals surface area contributed by atoms with E-state index in [1.54, 1.807) is 0 Å². The molecule has 3 heterocycles. The molecule has 4 bridgehead atoms. The van der Waals surface area contributed by atoms with Gasteiger partial charge in [-0.15, -0.1) is 0 Å². The molecule has 1 saturated heterocycles. The lowest BCUT2D eigenvalue weighted by Crippen LogP contribution is -2.73. The van der Waals surface area contributed by atoms with Gasteiger partial charge in [0.25, 0.3) is 0 Å². The summed E-state index contributed by atoms with van der Waals surface area (Å²) in [6.45, 7) is 0.666. The van der Waals surface area contributed by atoms with Crippen LogP contribution in [0.25, 0.3) is 0 Å². The molecule has 0 aromatic heterocycles. The van der Waals surface area contributed by atoms with Gasteiger partial charge in [-0.3, -0.25) is 9.59 Å².